The van der Waals surface area contributed by atoms with Gasteiger partial charge in [-0.3, -0.25) is 9.59 Å². The van der Waals surface area contributed by atoms with Crippen LogP contribution in [0.1, 0.15) is 18.1 Å². The molecule has 0 heterocycles. The first-order valence-electron chi connectivity index (χ1n) is 7.79. The largest absolute Gasteiger partial charge is 0.452 e. The summed E-state index contributed by atoms with van der Waals surface area (Å²) in [5, 5.41) is 0.474. The molecule has 2 aromatic rings. The lowest BCUT2D eigenvalue weighted by Gasteiger charge is -2.21. The number of amides is 1. The molecule has 25 heavy (non-hydrogen) atoms. The van der Waals surface area contributed by atoms with Gasteiger partial charge in [0.2, 0.25) is 0 Å². The molecular weight excluding hydrogens is 345 g/mol. The van der Waals surface area contributed by atoms with Crippen LogP contribution >= 0.6 is 11.6 Å². The Labute approximate surface area is 151 Å². The van der Waals surface area contributed by atoms with E-state index in [0.717, 1.165) is 0 Å². The van der Waals surface area contributed by atoms with Crippen molar-refractivity contribution in [2.75, 3.05) is 7.05 Å². The summed E-state index contributed by atoms with van der Waals surface area (Å²) in [5.41, 5.74) is 1.30. The third-order valence-electron chi connectivity index (χ3n) is 3.63. The monoisotopic (exact) mass is 363 g/mol. The van der Waals surface area contributed by atoms with Gasteiger partial charge in [-0.1, -0.05) is 41.9 Å². The van der Waals surface area contributed by atoms with Crippen LogP contribution < -0.4 is 0 Å². The van der Waals surface area contributed by atoms with Crippen LogP contribution in [0.4, 0.5) is 4.39 Å². The molecule has 1 unspecified atom stereocenters. The highest BCUT2D eigenvalue weighted by atomic mass is 35.5. The zero-order chi connectivity index (χ0) is 18.4. The second-order valence-corrected chi connectivity index (χ2v) is 6.13. The van der Waals surface area contributed by atoms with Crippen molar-refractivity contribution >= 4 is 23.5 Å². The van der Waals surface area contributed by atoms with E-state index in [1.54, 1.807) is 43.4 Å². The van der Waals surface area contributed by atoms with Gasteiger partial charge in [0.25, 0.3) is 5.91 Å². The number of benzene rings is 2. The zero-order valence-corrected chi connectivity index (χ0v) is 14.8. The average molecular weight is 364 g/mol. The van der Waals surface area contributed by atoms with Crippen molar-refractivity contribution in [3.8, 4) is 0 Å². The second kappa shape index (κ2) is 8.62. The molecule has 0 aromatic heterocycles. The third-order valence-corrected chi connectivity index (χ3v) is 4.00. The Hall–Kier alpha value is -2.40. The van der Waals surface area contributed by atoms with Gasteiger partial charge in [0, 0.05) is 18.6 Å². The molecule has 0 aliphatic rings. The summed E-state index contributed by atoms with van der Waals surface area (Å²) < 4.78 is 18.4. The van der Waals surface area contributed by atoms with Crippen molar-refractivity contribution in [2.45, 2.75) is 26.0 Å². The van der Waals surface area contributed by atoms with E-state index in [-0.39, 0.29) is 24.7 Å². The maximum atomic E-state index is 13.2. The minimum absolute atomic E-state index is 0.00902. The summed E-state index contributed by atoms with van der Waals surface area (Å²) in [4.78, 5) is 25.7. The number of halogens is 2. The van der Waals surface area contributed by atoms with Crippen LogP contribution in [0.2, 0.25) is 5.02 Å². The Morgan fingerprint density at radius 3 is 2.60 bits per heavy atom. The van der Waals surface area contributed by atoms with Gasteiger partial charge in [-0.25, -0.2) is 4.39 Å². The van der Waals surface area contributed by atoms with Crippen molar-refractivity contribution in [1.82, 2.24) is 4.90 Å². The number of carbonyl (C=O) groups excluding carboxylic acids is 2. The first-order chi connectivity index (χ1) is 11.9. The van der Waals surface area contributed by atoms with Gasteiger partial charge in [-0.05, 0) is 36.2 Å². The molecule has 1 amide bonds. The normalized spacial score (nSPS) is 11.7. The highest BCUT2D eigenvalue weighted by Crippen LogP contribution is 2.16. The number of esters is 1. The SMILES string of the molecule is CC(OC(=O)Cc1ccccc1Cl)C(=O)N(C)Cc1cccc(F)c1. The highest BCUT2D eigenvalue weighted by Gasteiger charge is 2.22. The molecule has 0 N–H and O–H groups in total. The molecule has 0 spiro atoms. The van der Waals surface area contributed by atoms with E-state index in [1.807, 2.05) is 0 Å². The quantitative estimate of drug-likeness (QED) is 0.736. The van der Waals surface area contributed by atoms with Crippen molar-refractivity contribution in [1.29, 1.82) is 0 Å². The Balaban J connectivity index is 1.90. The van der Waals surface area contributed by atoms with Crippen LogP contribution in [0.5, 0.6) is 0 Å². The summed E-state index contributed by atoms with van der Waals surface area (Å²) in [6, 6.07) is 13.0. The molecule has 0 saturated heterocycles. The van der Waals surface area contributed by atoms with Gasteiger partial charge in [0.1, 0.15) is 5.82 Å². The van der Waals surface area contributed by atoms with E-state index in [2.05, 4.69) is 0 Å². The van der Waals surface area contributed by atoms with E-state index >= 15 is 0 Å². The maximum Gasteiger partial charge on any atom is 0.311 e. The minimum Gasteiger partial charge on any atom is -0.452 e. The van der Waals surface area contributed by atoms with Crippen molar-refractivity contribution in [2.24, 2.45) is 0 Å². The molecule has 0 aliphatic heterocycles. The predicted octanol–water partition coefficient (Wildman–Crippen LogP) is 3.61. The zero-order valence-electron chi connectivity index (χ0n) is 14.0. The fourth-order valence-electron chi connectivity index (χ4n) is 2.38. The minimum atomic E-state index is -0.937. The number of hydrogen-bond acceptors (Lipinski definition) is 3. The Morgan fingerprint density at radius 1 is 1.20 bits per heavy atom. The molecule has 2 aromatic carbocycles. The lowest BCUT2D eigenvalue weighted by atomic mass is 10.1. The van der Waals surface area contributed by atoms with Gasteiger partial charge in [0.15, 0.2) is 6.10 Å². The Kier molecular flexibility index (Phi) is 6.53. The fourth-order valence-corrected chi connectivity index (χ4v) is 2.59. The molecule has 0 aliphatic carbocycles. The van der Waals surface area contributed by atoms with Crippen LogP contribution in [0.3, 0.4) is 0 Å². The standard InChI is InChI=1S/C19H19ClFNO3/c1-13(25-18(23)11-15-7-3-4-9-17(15)20)19(24)22(2)12-14-6-5-8-16(21)10-14/h3-10,13H,11-12H2,1-2H3. The van der Waals surface area contributed by atoms with E-state index < -0.39 is 12.1 Å². The van der Waals surface area contributed by atoms with E-state index in [9.17, 15) is 14.0 Å². The van der Waals surface area contributed by atoms with Crippen LogP contribution in [0, 0.1) is 5.82 Å². The van der Waals surface area contributed by atoms with Crippen molar-refractivity contribution < 1.29 is 18.7 Å². The summed E-state index contributed by atoms with van der Waals surface area (Å²) in [6.45, 7) is 1.73. The molecule has 0 fully saturated rings. The number of rotatable bonds is 6. The van der Waals surface area contributed by atoms with E-state index in [4.69, 9.17) is 16.3 Å². The molecule has 0 saturated carbocycles. The number of carbonyl (C=O) groups is 2. The van der Waals surface area contributed by atoms with Crippen LogP contribution in [-0.2, 0) is 27.3 Å². The van der Waals surface area contributed by atoms with E-state index in [1.165, 1.54) is 24.0 Å². The third kappa shape index (κ3) is 5.57. The molecule has 0 bridgehead atoms. The van der Waals surface area contributed by atoms with Crippen molar-refractivity contribution in [3.05, 3.63) is 70.5 Å². The van der Waals surface area contributed by atoms with Crippen molar-refractivity contribution in [3.63, 3.8) is 0 Å². The van der Waals surface area contributed by atoms with Gasteiger partial charge < -0.3 is 9.64 Å². The molecule has 4 nitrogen and oxygen atoms in total. The summed E-state index contributed by atoms with van der Waals surface area (Å²) >= 11 is 6.01. The topological polar surface area (TPSA) is 46.6 Å². The summed E-state index contributed by atoms with van der Waals surface area (Å²) in [7, 11) is 1.58. The summed E-state index contributed by atoms with van der Waals surface area (Å²) in [6.07, 6.45) is -0.946. The van der Waals surface area contributed by atoms with Gasteiger partial charge in [0.05, 0.1) is 6.42 Å². The molecule has 132 valence electrons. The molecule has 0 radical (unpaired) electrons. The second-order valence-electron chi connectivity index (χ2n) is 5.72. The first kappa shape index (κ1) is 18.9. The van der Waals surface area contributed by atoms with Gasteiger partial charge in [-0.2, -0.15) is 0 Å². The lowest BCUT2D eigenvalue weighted by molar-refractivity contribution is -0.158. The highest BCUT2D eigenvalue weighted by molar-refractivity contribution is 6.31. The fraction of sp³-hybridized carbons (Fsp3) is 0.263. The number of nitrogens with zero attached hydrogens (tertiary/aromatic N) is 1. The molecule has 2 rings (SSSR count). The predicted molar refractivity (Wildman–Crippen MR) is 93.6 cm³/mol. The lowest BCUT2D eigenvalue weighted by Crippen LogP contribution is -2.37. The Morgan fingerprint density at radius 2 is 1.92 bits per heavy atom. The molecule has 6 heteroatoms. The van der Waals surface area contributed by atoms with Crippen LogP contribution in [0.15, 0.2) is 48.5 Å². The maximum absolute atomic E-state index is 13.2. The molecular formula is C19H19ClFNO3. The average Bonchev–Trinajstić information content (AvgIpc) is 2.56. The van der Waals surface area contributed by atoms with Crippen LogP contribution in [0.25, 0.3) is 0 Å². The van der Waals surface area contributed by atoms with Gasteiger partial charge >= 0.3 is 5.97 Å². The number of hydrogen-bond donors (Lipinski definition) is 0. The van der Waals surface area contributed by atoms with Gasteiger partial charge in [-0.15, -0.1) is 0 Å². The smallest absolute Gasteiger partial charge is 0.311 e. The van der Waals surface area contributed by atoms with E-state index in [0.29, 0.717) is 16.1 Å². The number of likely N-dealkylation sites (N-methyl/N-ethyl adjacent to an activating group) is 1. The Bertz CT molecular complexity index is 766. The molecule has 1 atom stereocenters. The summed E-state index contributed by atoms with van der Waals surface area (Å²) in [5.74, 6) is -1.26. The number of ether oxygens (including phenoxy) is 1. The first-order valence-corrected chi connectivity index (χ1v) is 8.17. The van der Waals surface area contributed by atoms with Crippen LogP contribution in [-0.4, -0.2) is 29.9 Å².